The fourth-order valence-corrected chi connectivity index (χ4v) is 4.87. The number of fused-ring (bicyclic) bond motifs is 6. The Morgan fingerprint density at radius 2 is 1.11 bits per heavy atom. The van der Waals surface area contributed by atoms with E-state index in [1.54, 1.807) is 5.56 Å². The largest absolute Gasteiger partial charge is 0.0622 e. The van der Waals surface area contributed by atoms with Crippen LogP contribution in [-0.4, -0.2) is 0 Å². The van der Waals surface area contributed by atoms with Crippen molar-refractivity contribution in [2.24, 2.45) is 0 Å². The maximum atomic E-state index is 2.41. The van der Waals surface area contributed by atoms with Crippen LogP contribution < -0.4 is 0 Å². The SMILES string of the molecule is c1ccc(-c2ccc3c(c2)-c2c(ccc4c2Cc2ccccc2C4)C3)cc1. The highest BCUT2D eigenvalue weighted by Gasteiger charge is 2.26. The van der Waals surface area contributed by atoms with E-state index in [0.717, 1.165) is 19.3 Å². The van der Waals surface area contributed by atoms with Gasteiger partial charge in [0, 0.05) is 0 Å². The van der Waals surface area contributed by atoms with Crippen LogP contribution in [0.3, 0.4) is 0 Å². The third-order valence-electron chi connectivity index (χ3n) is 6.23. The average Bonchev–Trinajstić information content (AvgIpc) is 3.11. The Hall–Kier alpha value is -3.12. The summed E-state index contributed by atoms with van der Waals surface area (Å²) in [5.74, 6) is 0. The summed E-state index contributed by atoms with van der Waals surface area (Å²) in [6, 6.07) is 31.4. The summed E-state index contributed by atoms with van der Waals surface area (Å²) in [4.78, 5) is 0. The summed E-state index contributed by atoms with van der Waals surface area (Å²) in [5.41, 5.74) is 14.6. The number of hydrogen-bond donors (Lipinski definition) is 0. The second-order valence-corrected chi connectivity index (χ2v) is 7.77. The summed E-state index contributed by atoms with van der Waals surface area (Å²) < 4.78 is 0. The predicted molar refractivity (Wildman–Crippen MR) is 112 cm³/mol. The Kier molecular flexibility index (Phi) is 3.16. The van der Waals surface area contributed by atoms with E-state index in [9.17, 15) is 0 Å². The Bertz CT molecular complexity index is 1180. The average molecular weight is 344 g/mol. The molecule has 128 valence electrons. The first kappa shape index (κ1) is 15.0. The molecule has 4 aromatic rings. The van der Waals surface area contributed by atoms with Gasteiger partial charge in [0.05, 0.1) is 0 Å². The van der Waals surface area contributed by atoms with E-state index in [4.69, 9.17) is 0 Å². The van der Waals surface area contributed by atoms with E-state index < -0.39 is 0 Å². The summed E-state index contributed by atoms with van der Waals surface area (Å²) >= 11 is 0. The molecule has 0 radical (unpaired) electrons. The van der Waals surface area contributed by atoms with Crippen molar-refractivity contribution in [3.05, 3.63) is 118 Å². The molecule has 2 aliphatic rings. The predicted octanol–water partition coefficient (Wildman–Crippen LogP) is 6.42. The topological polar surface area (TPSA) is 0 Å². The Morgan fingerprint density at radius 1 is 0.444 bits per heavy atom. The fourth-order valence-electron chi connectivity index (χ4n) is 4.87. The molecule has 0 spiro atoms. The van der Waals surface area contributed by atoms with Crippen LogP contribution in [0.1, 0.15) is 33.4 Å². The summed E-state index contributed by atoms with van der Waals surface area (Å²) in [6.07, 6.45) is 3.19. The van der Waals surface area contributed by atoms with Gasteiger partial charge in [-0.15, -0.1) is 0 Å². The maximum absolute atomic E-state index is 2.41. The van der Waals surface area contributed by atoms with Gasteiger partial charge < -0.3 is 0 Å². The molecular formula is C27H20. The Labute approximate surface area is 160 Å². The van der Waals surface area contributed by atoms with E-state index in [1.807, 2.05) is 0 Å². The molecule has 0 saturated heterocycles. The van der Waals surface area contributed by atoms with Gasteiger partial charge in [0.25, 0.3) is 0 Å². The quantitative estimate of drug-likeness (QED) is 0.323. The lowest BCUT2D eigenvalue weighted by Gasteiger charge is -2.23. The summed E-state index contributed by atoms with van der Waals surface area (Å²) in [5, 5.41) is 0. The molecule has 0 bridgehead atoms. The van der Waals surface area contributed by atoms with Gasteiger partial charge in [-0.2, -0.15) is 0 Å². The van der Waals surface area contributed by atoms with Crippen LogP contribution in [0, 0.1) is 0 Å². The van der Waals surface area contributed by atoms with Gasteiger partial charge in [0.15, 0.2) is 0 Å². The molecule has 6 rings (SSSR count). The molecule has 0 aromatic heterocycles. The minimum Gasteiger partial charge on any atom is -0.0622 e. The monoisotopic (exact) mass is 344 g/mol. The summed E-state index contributed by atoms with van der Waals surface area (Å²) in [7, 11) is 0. The zero-order chi connectivity index (χ0) is 17.8. The van der Waals surface area contributed by atoms with Crippen LogP contribution >= 0.6 is 0 Å². The van der Waals surface area contributed by atoms with Gasteiger partial charge in [-0.05, 0) is 81.0 Å². The van der Waals surface area contributed by atoms with Crippen LogP contribution in [0.25, 0.3) is 22.3 Å². The van der Waals surface area contributed by atoms with E-state index in [0.29, 0.717) is 0 Å². The van der Waals surface area contributed by atoms with Gasteiger partial charge in [0.1, 0.15) is 0 Å². The summed E-state index contributed by atoms with van der Waals surface area (Å²) in [6.45, 7) is 0. The smallest absolute Gasteiger partial charge is 0.00133 e. The number of benzene rings is 4. The second-order valence-electron chi connectivity index (χ2n) is 7.77. The molecule has 4 aromatic carbocycles. The van der Waals surface area contributed by atoms with Crippen LogP contribution in [0.15, 0.2) is 84.9 Å². The van der Waals surface area contributed by atoms with E-state index in [2.05, 4.69) is 84.9 Å². The molecule has 2 aliphatic carbocycles. The highest BCUT2D eigenvalue weighted by Crippen LogP contribution is 2.44. The minimum atomic E-state index is 1.06. The van der Waals surface area contributed by atoms with Gasteiger partial charge in [-0.25, -0.2) is 0 Å². The normalized spacial score (nSPS) is 13.5. The van der Waals surface area contributed by atoms with Crippen molar-refractivity contribution in [3.63, 3.8) is 0 Å². The molecule has 0 heteroatoms. The van der Waals surface area contributed by atoms with Crippen LogP contribution in [-0.2, 0) is 19.3 Å². The zero-order valence-corrected chi connectivity index (χ0v) is 15.2. The third-order valence-corrected chi connectivity index (χ3v) is 6.23. The van der Waals surface area contributed by atoms with Crippen molar-refractivity contribution < 1.29 is 0 Å². The lowest BCUT2D eigenvalue weighted by molar-refractivity contribution is 1.00. The van der Waals surface area contributed by atoms with Gasteiger partial charge in [0.2, 0.25) is 0 Å². The van der Waals surface area contributed by atoms with Crippen molar-refractivity contribution in [1.82, 2.24) is 0 Å². The van der Waals surface area contributed by atoms with Crippen molar-refractivity contribution in [3.8, 4) is 22.3 Å². The van der Waals surface area contributed by atoms with Crippen molar-refractivity contribution in [1.29, 1.82) is 0 Å². The fraction of sp³-hybridized carbons (Fsp3) is 0.111. The van der Waals surface area contributed by atoms with Gasteiger partial charge in [-0.3, -0.25) is 0 Å². The molecule has 0 nitrogen and oxygen atoms in total. The molecule has 0 heterocycles. The Balaban J connectivity index is 1.53. The third kappa shape index (κ3) is 2.30. The first-order valence-electron chi connectivity index (χ1n) is 9.76. The standard InChI is InChI=1S/C27H20/c1-2-6-18(7-3-1)21-10-11-23-15-24-13-12-22-14-19-8-4-5-9-20(19)16-25(22)27(24)26(23)17-21/h1-13,17H,14-16H2. The van der Waals surface area contributed by atoms with Crippen LogP contribution in [0.4, 0.5) is 0 Å². The molecule has 0 atom stereocenters. The molecular weight excluding hydrogens is 324 g/mol. The zero-order valence-electron chi connectivity index (χ0n) is 15.2. The lowest BCUT2D eigenvalue weighted by atomic mass is 9.81. The van der Waals surface area contributed by atoms with E-state index in [-0.39, 0.29) is 0 Å². The second kappa shape index (κ2) is 5.69. The highest BCUT2D eigenvalue weighted by molar-refractivity contribution is 5.84. The molecule has 0 fully saturated rings. The van der Waals surface area contributed by atoms with Gasteiger partial charge >= 0.3 is 0 Å². The first-order chi connectivity index (χ1) is 13.4. The van der Waals surface area contributed by atoms with Gasteiger partial charge in [-0.1, -0.05) is 78.9 Å². The number of rotatable bonds is 1. The van der Waals surface area contributed by atoms with Crippen LogP contribution in [0.2, 0.25) is 0 Å². The molecule has 0 unspecified atom stereocenters. The molecule has 0 N–H and O–H groups in total. The maximum Gasteiger partial charge on any atom is -0.00133 e. The molecule has 0 amide bonds. The highest BCUT2D eigenvalue weighted by atomic mass is 14.3. The van der Waals surface area contributed by atoms with Crippen LogP contribution in [0.5, 0.6) is 0 Å². The van der Waals surface area contributed by atoms with Crippen molar-refractivity contribution >= 4 is 0 Å². The van der Waals surface area contributed by atoms with Crippen molar-refractivity contribution in [2.75, 3.05) is 0 Å². The molecule has 27 heavy (non-hydrogen) atoms. The van der Waals surface area contributed by atoms with Crippen molar-refractivity contribution in [2.45, 2.75) is 19.3 Å². The molecule has 0 saturated carbocycles. The first-order valence-corrected chi connectivity index (χ1v) is 9.76. The molecule has 0 aliphatic heterocycles. The van der Waals surface area contributed by atoms with E-state index >= 15 is 0 Å². The lowest BCUT2D eigenvalue weighted by Crippen LogP contribution is -2.09. The Morgan fingerprint density at radius 3 is 1.96 bits per heavy atom. The van der Waals surface area contributed by atoms with E-state index in [1.165, 1.54) is 50.1 Å². The number of hydrogen-bond acceptors (Lipinski definition) is 0. The minimum absolute atomic E-state index is 1.06.